The van der Waals surface area contributed by atoms with Crippen LogP contribution in [0.5, 0.6) is 0 Å². The molecule has 0 saturated heterocycles. The van der Waals surface area contributed by atoms with Gasteiger partial charge in [-0.1, -0.05) is 18.2 Å². The Labute approximate surface area is 103 Å². The first-order valence-electron chi connectivity index (χ1n) is 5.39. The van der Waals surface area contributed by atoms with Crippen molar-refractivity contribution in [2.75, 3.05) is 0 Å². The summed E-state index contributed by atoms with van der Waals surface area (Å²) in [6, 6.07) is 9.74. The molecule has 92 valence electrons. The molecule has 0 aliphatic rings. The molecule has 0 saturated carbocycles. The number of benzene rings is 2. The lowest BCUT2D eigenvalue weighted by Gasteiger charge is -2.08. The summed E-state index contributed by atoms with van der Waals surface area (Å²) in [5.74, 6) is -1.28. The first kappa shape index (κ1) is 12.2. The molecular weight excluding hydrogens is 236 g/mol. The Bertz CT molecular complexity index is 579. The van der Waals surface area contributed by atoms with Gasteiger partial charge in [-0.15, -0.1) is 0 Å². The van der Waals surface area contributed by atoms with Crippen molar-refractivity contribution in [3.63, 3.8) is 0 Å². The maximum absolute atomic E-state index is 13.3. The number of nitrogens with two attached hydrogens (primary N) is 1. The minimum Gasteiger partial charge on any atom is -0.369 e. The van der Waals surface area contributed by atoms with Crippen LogP contribution in [-0.4, -0.2) is 5.91 Å². The van der Waals surface area contributed by atoms with E-state index in [9.17, 15) is 13.6 Å². The number of carbonyl (C=O) groups is 1. The van der Waals surface area contributed by atoms with Gasteiger partial charge in [0.05, 0.1) is 6.42 Å². The molecule has 0 fully saturated rings. The lowest BCUT2D eigenvalue weighted by molar-refractivity contribution is -0.117. The lowest BCUT2D eigenvalue weighted by Crippen LogP contribution is -2.14. The standard InChI is InChI=1S/C14H11F2NO/c15-11-4-1-9(2-5-11)13-8-12(16)6-3-10(13)7-14(17)18/h1-6,8H,7H2,(H2,17,18). The van der Waals surface area contributed by atoms with Crippen LogP contribution in [-0.2, 0) is 11.2 Å². The third-order valence-corrected chi connectivity index (χ3v) is 2.59. The third-order valence-electron chi connectivity index (χ3n) is 2.59. The molecule has 0 unspecified atom stereocenters. The van der Waals surface area contributed by atoms with Gasteiger partial charge in [-0.25, -0.2) is 8.78 Å². The third kappa shape index (κ3) is 2.71. The Hall–Kier alpha value is -2.23. The van der Waals surface area contributed by atoms with Gasteiger partial charge >= 0.3 is 0 Å². The van der Waals surface area contributed by atoms with E-state index in [-0.39, 0.29) is 12.2 Å². The molecule has 1 amide bonds. The summed E-state index contributed by atoms with van der Waals surface area (Å²) < 4.78 is 26.1. The second kappa shape index (κ2) is 4.96. The van der Waals surface area contributed by atoms with E-state index in [0.29, 0.717) is 16.7 Å². The average molecular weight is 247 g/mol. The van der Waals surface area contributed by atoms with Crippen molar-refractivity contribution >= 4 is 5.91 Å². The van der Waals surface area contributed by atoms with Gasteiger partial charge in [-0.05, 0) is 41.0 Å². The van der Waals surface area contributed by atoms with Crippen molar-refractivity contribution in [2.24, 2.45) is 5.73 Å². The average Bonchev–Trinajstić information content (AvgIpc) is 2.32. The fraction of sp³-hybridized carbons (Fsp3) is 0.0714. The summed E-state index contributed by atoms with van der Waals surface area (Å²) in [5, 5.41) is 0. The van der Waals surface area contributed by atoms with Crippen LogP contribution in [0.15, 0.2) is 42.5 Å². The van der Waals surface area contributed by atoms with Crippen molar-refractivity contribution in [3.05, 3.63) is 59.7 Å². The van der Waals surface area contributed by atoms with Crippen LogP contribution in [0.3, 0.4) is 0 Å². The first-order chi connectivity index (χ1) is 8.56. The van der Waals surface area contributed by atoms with Gasteiger partial charge < -0.3 is 5.73 Å². The smallest absolute Gasteiger partial charge is 0.221 e. The molecule has 2 rings (SSSR count). The first-order valence-corrected chi connectivity index (χ1v) is 5.39. The zero-order valence-electron chi connectivity index (χ0n) is 9.49. The number of hydrogen-bond acceptors (Lipinski definition) is 1. The van der Waals surface area contributed by atoms with Crippen LogP contribution in [0.4, 0.5) is 8.78 Å². The summed E-state index contributed by atoms with van der Waals surface area (Å²) in [6.45, 7) is 0. The van der Waals surface area contributed by atoms with Crippen molar-refractivity contribution in [1.29, 1.82) is 0 Å². The van der Waals surface area contributed by atoms with Crippen molar-refractivity contribution in [3.8, 4) is 11.1 Å². The number of rotatable bonds is 3. The van der Waals surface area contributed by atoms with E-state index in [0.717, 1.165) is 0 Å². The maximum Gasteiger partial charge on any atom is 0.221 e. The Morgan fingerprint density at radius 1 is 1.00 bits per heavy atom. The van der Waals surface area contributed by atoms with Gasteiger partial charge in [-0.2, -0.15) is 0 Å². The normalized spacial score (nSPS) is 10.3. The van der Waals surface area contributed by atoms with E-state index in [1.165, 1.54) is 42.5 Å². The Morgan fingerprint density at radius 2 is 1.61 bits per heavy atom. The van der Waals surface area contributed by atoms with Crippen molar-refractivity contribution < 1.29 is 13.6 Å². The van der Waals surface area contributed by atoms with E-state index < -0.39 is 11.7 Å². The zero-order chi connectivity index (χ0) is 13.1. The molecule has 2 aromatic rings. The molecule has 0 radical (unpaired) electrons. The van der Waals surface area contributed by atoms with Crippen molar-refractivity contribution in [2.45, 2.75) is 6.42 Å². The van der Waals surface area contributed by atoms with Gasteiger partial charge in [0.25, 0.3) is 0 Å². The van der Waals surface area contributed by atoms with E-state index in [2.05, 4.69) is 0 Å². The molecule has 2 aromatic carbocycles. The summed E-state index contributed by atoms with van der Waals surface area (Å²) >= 11 is 0. The molecule has 2 N–H and O–H groups in total. The number of hydrogen-bond donors (Lipinski definition) is 1. The highest BCUT2D eigenvalue weighted by Gasteiger charge is 2.09. The molecule has 18 heavy (non-hydrogen) atoms. The fourth-order valence-corrected chi connectivity index (χ4v) is 1.79. The van der Waals surface area contributed by atoms with Gasteiger partial charge in [-0.3, -0.25) is 4.79 Å². The largest absolute Gasteiger partial charge is 0.369 e. The van der Waals surface area contributed by atoms with Gasteiger partial charge in [0.15, 0.2) is 0 Å². The van der Waals surface area contributed by atoms with Crippen molar-refractivity contribution in [1.82, 2.24) is 0 Å². The molecule has 0 atom stereocenters. The lowest BCUT2D eigenvalue weighted by atomic mass is 9.97. The number of amides is 1. The Kier molecular flexibility index (Phi) is 3.37. The molecule has 0 aliphatic heterocycles. The second-order valence-corrected chi connectivity index (χ2v) is 3.95. The van der Waals surface area contributed by atoms with Gasteiger partial charge in [0.1, 0.15) is 11.6 Å². The van der Waals surface area contributed by atoms with E-state index >= 15 is 0 Å². The highest BCUT2D eigenvalue weighted by atomic mass is 19.1. The van der Waals surface area contributed by atoms with E-state index in [1.807, 2.05) is 0 Å². The quantitative estimate of drug-likeness (QED) is 0.890. The molecular formula is C14H11F2NO. The SMILES string of the molecule is NC(=O)Cc1ccc(F)cc1-c1ccc(F)cc1. The molecule has 0 spiro atoms. The monoisotopic (exact) mass is 247 g/mol. The molecule has 0 aromatic heterocycles. The van der Waals surface area contributed by atoms with Crippen LogP contribution in [0.25, 0.3) is 11.1 Å². The van der Waals surface area contributed by atoms with Gasteiger partial charge in [0.2, 0.25) is 5.91 Å². The highest BCUT2D eigenvalue weighted by molar-refractivity contribution is 5.80. The predicted octanol–water partition coefficient (Wildman–Crippen LogP) is 2.66. The van der Waals surface area contributed by atoms with Crippen LogP contribution in [0, 0.1) is 11.6 Å². The van der Waals surface area contributed by atoms with Crippen LogP contribution in [0.2, 0.25) is 0 Å². The summed E-state index contributed by atoms with van der Waals surface area (Å²) in [6.07, 6.45) is 0.0208. The Balaban J connectivity index is 2.50. The van der Waals surface area contributed by atoms with E-state index in [4.69, 9.17) is 5.73 Å². The summed E-state index contributed by atoms with van der Waals surface area (Å²) in [5.41, 5.74) is 6.96. The number of halogens is 2. The minimum absolute atomic E-state index is 0.0208. The molecule has 4 heteroatoms. The number of carbonyl (C=O) groups excluding carboxylic acids is 1. The molecule has 0 bridgehead atoms. The zero-order valence-corrected chi connectivity index (χ0v) is 9.49. The highest BCUT2D eigenvalue weighted by Crippen LogP contribution is 2.25. The van der Waals surface area contributed by atoms with E-state index in [1.54, 1.807) is 0 Å². The Morgan fingerprint density at radius 3 is 2.22 bits per heavy atom. The number of primary amides is 1. The minimum atomic E-state index is -0.495. The van der Waals surface area contributed by atoms with Crippen LogP contribution < -0.4 is 5.73 Å². The molecule has 0 aliphatic carbocycles. The van der Waals surface area contributed by atoms with Crippen LogP contribution in [0.1, 0.15) is 5.56 Å². The summed E-state index contributed by atoms with van der Waals surface area (Å²) in [7, 11) is 0. The van der Waals surface area contributed by atoms with Crippen LogP contribution >= 0.6 is 0 Å². The van der Waals surface area contributed by atoms with Gasteiger partial charge in [0, 0.05) is 0 Å². The molecule has 2 nitrogen and oxygen atoms in total. The molecule has 0 heterocycles. The predicted molar refractivity (Wildman–Crippen MR) is 64.7 cm³/mol. The maximum atomic E-state index is 13.3. The summed E-state index contributed by atoms with van der Waals surface area (Å²) in [4.78, 5) is 11.0. The fourth-order valence-electron chi connectivity index (χ4n) is 1.79. The topological polar surface area (TPSA) is 43.1 Å². The second-order valence-electron chi connectivity index (χ2n) is 3.95.